The van der Waals surface area contributed by atoms with Crippen LogP contribution in [0, 0.1) is 0 Å². The third-order valence-corrected chi connectivity index (χ3v) is 4.57. The van der Waals surface area contributed by atoms with Gasteiger partial charge in [0.15, 0.2) is 5.69 Å². The van der Waals surface area contributed by atoms with Gasteiger partial charge in [0.2, 0.25) is 0 Å². The van der Waals surface area contributed by atoms with Gasteiger partial charge in [-0.2, -0.15) is 13.2 Å². The number of nitrogens with one attached hydrogen (secondary N) is 1. The number of fused-ring (bicyclic) bond motifs is 1. The van der Waals surface area contributed by atoms with Crippen molar-refractivity contribution < 1.29 is 17.6 Å². The van der Waals surface area contributed by atoms with Crippen LogP contribution in [0.1, 0.15) is 5.69 Å². The van der Waals surface area contributed by atoms with Gasteiger partial charge in [0.1, 0.15) is 5.58 Å². The van der Waals surface area contributed by atoms with E-state index in [1.165, 1.54) is 18.2 Å². The molecule has 0 amide bonds. The molecule has 1 saturated heterocycles. The van der Waals surface area contributed by atoms with Crippen LogP contribution in [0.2, 0.25) is 0 Å². The molecule has 0 unspecified atom stereocenters. The molecule has 0 bridgehead atoms. The molecule has 140 valence electrons. The van der Waals surface area contributed by atoms with Gasteiger partial charge in [-0.05, 0) is 24.3 Å². The summed E-state index contributed by atoms with van der Waals surface area (Å²) in [6.45, 7) is 3.39. The van der Waals surface area contributed by atoms with E-state index in [0.717, 1.165) is 38.1 Å². The number of piperazine rings is 1. The molecule has 0 radical (unpaired) electrons. The molecule has 3 aromatic rings. The van der Waals surface area contributed by atoms with E-state index in [-0.39, 0.29) is 11.1 Å². The lowest BCUT2D eigenvalue weighted by atomic mass is 10.0. The zero-order valence-corrected chi connectivity index (χ0v) is 14.2. The maximum atomic E-state index is 13.2. The van der Waals surface area contributed by atoms with Crippen LogP contribution in [-0.2, 0) is 6.18 Å². The van der Waals surface area contributed by atoms with Crippen LogP contribution >= 0.6 is 0 Å². The van der Waals surface area contributed by atoms with Gasteiger partial charge in [-0.1, -0.05) is 6.07 Å². The van der Waals surface area contributed by atoms with E-state index in [0.29, 0.717) is 11.0 Å². The Morgan fingerprint density at radius 2 is 1.85 bits per heavy atom. The van der Waals surface area contributed by atoms with Crippen molar-refractivity contribution in [3.63, 3.8) is 0 Å². The normalized spacial score (nSPS) is 15.3. The first-order chi connectivity index (χ1) is 12.9. The summed E-state index contributed by atoms with van der Waals surface area (Å²) in [4.78, 5) is 18.0. The van der Waals surface area contributed by atoms with Crippen molar-refractivity contribution in [1.29, 1.82) is 0 Å². The third kappa shape index (κ3) is 3.40. The first-order valence-electron chi connectivity index (χ1n) is 8.50. The van der Waals surface area contributed by atoms with Gasteiger partial charge < -0.3 is 14.6 Å². The summed E-state index contributed by atoms with van der Waals surface area (Å²) < 4.78 is 45.1. The maximum absolute atomic E-state index is 13.2. The molecule has 4 rings (SSSR count). The van der Waals surface area contributed by atoms with Crippen LogP contribution < -0.4 is 15.8 Å². The second-order valence-corrected chi connectivity index (χ2v) is 6.30. The second kappa shape index (κ2) is 6.70. The lowest BCUT2D eigenvalue weighted by Gasteiger charge is -2.29. The Morgan fingerprint density at radius 1 is 1.07 bits per heavy atom. The van der Waals surface area contributed by atoms with Crippen LogP contribution in [0.3, 0.4) is 0 Å². The van der Waals surface area contributed by atoms with Crippen molar-refractivity contribution in [1.82, 2.24) is 10.3 Å². The standard InChI is InChI=1S/C19H16F3N3O2/c20-19(21,22)17-14(2-1-5-24-17)15-10-12-3-4-13(11-16(12)27-18(15)26)25-8-6-23-7-9-25/h1-5,10-11,23H,6-9H2. The van der Waals surface area contributed by atoms with Crippen LogP contribution in [0.25, 0.3) is 22.1 Å². The topological polar surface area (TPSA) is 58.4 Å². The minimum atomic E-state index is -4.66. The summed E-state index contributed by atoms with van der Waals surface area (Å²) in [6, 6.07) is 9.40. The molecule has 27 heavy (non-hydrogen) atoms. The van der Waals surface area contributed by atoms with Gasteiger partial charge >= 0.3 is 11.8 Å². The van der Waals surface area contributed by atoms with E-state index >= 15 is 0 Å². The predicted octanol–water partition coefficient (Wildman–Crippen LogP) is 3.28. The first-order valence-corrected chi connectivity index (χ1v) is 8.50. The minimum Gasteiger partial charge on any atom is -0.422 e. The molecule has 0 atom stereocenters. The monoisotopic (exact) mass is 375 g/mol. The number of aromatic nitrogens is 1. The number of halogens is 3. The summed E-state index contributed by atoms with van der Waals surface area (Å²) in [6.07, 6.45) is -3.61. The van der Waals surface area contributed by atoms with E-state index in [2.05, 4.69) is 15.2 Å². The largest absolute Gasteiger partial charge is 0.433 e. The SMILES string of the molecule is O=c1oc2cc(N3CCNCC3)ccc2cc1-c1cccnc1C(F)(F)F. The molecule has 2 aromatic heterocycles. The van der Waals surface area contributed by atoms with E-state index in [4.69, 9.17) is 4.42 Å². The van der Waals surface area contributed by atoms with Crippen molar-refractivity contribution in [3.05, 3.63) is 58.7 Å². The molecule has 1 aliphatic heterocycles. The summed E-state index contributed by atoms with van der Waals surface area (Å²) >= 11 is 0. The molecule has 1 fully saturated rings. The van der Waals surface area contributed by atoms with Crippen LogP contribution in [0.15, 0.2) is 51.8 Å². The highest BCUT2D eigenvalue weighted by molar-refractivity contribution is 5.85. The molecule has 5 nitrogen and oxygen atoms in total. The third-order valence-electron chi connectivity index (χ3n) is 4.57. The van der Waals surface area contributed by atoms with E-state index < -0.39 is 17.5 Å². The minimum absolute atomic E-state index is 0.155. The first kappa shape index (κ1) is 17.5. The number of pyridine rings is 1. The number of hydrogen-bond donors (Lipinski definition) is 1. The fourth-order valence-corrected chi connectivity index (χ4v) is 3.26. The summed E-state index contributed by atoms with van der Waals surface area (Å²) in [7, 11) is 0. The summed E-state index contributed by atoms with van der Waals surface area (Å²) in [5.74, 6) is 0. The van der Waals surface area contributed by atoms with Gasteiger partial charge in [0, 0.05) is 55.1 Å². The number of anilines is 1. The predicted molar refractivity (Wildman–Crippen MR) is 95.8 cm³/mol. The van der Waals surface area contributed by atoms with Crippen molar-refractivity contribution >= 4 is 16.7 Å². The number of alkyl halides is 3. The van der Waals surface area contributed by atoms with Crippen LogP contribution in [0.4, 0.5) is 18.9 Å². The lowest BCUT2D eigenvalue weighted by molar-refractivity contribution is -0.140. The number of nitrogens with zero attached hydrogens (tertiary/aromatic N) is 2. The van der Waals surface area contributed by atoms with E-state index in [9.17, 15) is 18.0 Å². The molecular formula is C19H16F3N3O2. The van der Waals surface area contributed by atoms with Crippen molar-refractivity contribution in [3.8, 4) is 11.1 Å². The van der Waals surface area contributed by atoms with Crippen molar-refractivity contribution in [2.45, 2.75) is 6.18 Å². The zero-order valence-electron chi connectivity index (χ0n) is 14.2. The number of rotatable bonds is 2. The average molecular weight is 375 g/mol. The van der Waals surface area contributed by atoms with Crippen LogP contribution in [0.5, 0.6) is 0 Å². The van der Waals surface area contributed by atoms with Gasteiger partial charge in [0.25, 0.3) is 0 Å². The Balaban J connectivity index is 1.81. The highest BCUT2D eigenvalue weighted by Gasteiger charge is 2.36. The number of hydrogen-bond acceptors (Lipinski definition) is 5. The Bertz CT molecular complexity index is 1040. The van der Waals surface area contributed by atoms with Gasteiger partial charge in [0.05, 0.1) is 5.56 Å². The Hall–Kier alpha value is -2.87. The smallest absolute Gasteiger partial charge is 0.422 e. The molecule has 1 aromatic carbocycles. The number of benzene rings is 1. The highest BCUT2D eigenvalue weighted by atomic mass is 19.4. The summed E-state index contributed by atoms with van der Waals surface area (Å²) in [5.41, 5.74) is -1.10. The Labute approximate surface area is 152 Å². The second-order valence-electron chi connectivity index (χ2n) is 6.30. The fourth-order valence-electron chi connectivity index (χ4n) is 3.26. The van der Waals surface area contributed by atoms with Gasteiger partial charge in [-0.25, -0.2) is 4.79 Å². The molecule has 1 aliphatic rings. The lowest BCUT2D eigenvalue weighted by Crippen LogP contribution is -2.43. The molecule has 0 saturated carbocycles. The zero-order chi connectivity index (χ0) is 19.0. The Morgan fingerprint density at radius 3 is 2.59 bits per heavy atom. The fraction of sp³-hybridized carbons (Fsp3) is 0.263. The molecule has 0 aliphatic carbocycles. The molecular weight excluding hydrogens is 359 g/mol. The maximum Gasteiger partial charge on any atom is 0.433 e. The van der Waals surface area contributed by atoms with Crippen LogP contribution in [-0.4, -0.2) is 31.2 Å². The Kier molecular flexibility index (Phi) is 4.35. The quantitative estimate of drug-likeness (QED) is 0.697. The molecule has 3 heterocycles. The van der Waals surface area contributed by atoms with Gasteiger partial charge in [-0.3, -0.25) is 4.98 Å². The van der Waals surface area contributed by atoms with Crippen molar-refractivity contribution in [2.75, 3.05) is 31.1 Å². The summed E-state index contributed by atoms with van der Waals surface area (Å²) in [5, 5.41) is 3.82. The van der Waals surface area contributed by atoms with Gasteiger partial charge in [-0.15, -0.1) is 0 Å². The average Bonchev–Trinajstić information content (AvgIpc) is 2.67. The highest BCUT2D eigenvalue weighted by Crippen LogP contribution is 2.35. The van der Waals surface area contributed by atoms with E-state index in [1.807, 2.05) is 6.07 Å². The molecule has 1 N–H and O–H groups in total. The van der Waals surface area contributed by atoms with E-state index in [1.54, 1.807) is 12.1 Å². The molecule has 0 spiro atoms. The van der Waals surface area contributed by atoms with Crippen molar-refractivity contribution in [2.24, 2.45) is 0 Å². The molecule has 8 heteroatoms.